The Morgan fingerprint density at radius 2 is 1.19 bits per heavy atom. The standard InChI is InChI=1S/C11H17N.C9H14F2N2.C9H15FN2.C9H16N2/c1-5-9-6-8-7-10(8)12(9)11(2,3)4;1-8(2,3)13-6-9(10,11)4-7(13)5-12;1-9(2,3)12-6-7(10)4-8(12)5-11;1-9(2,3)11-6-4-5-8(11)7-10/h1,8-10H,6-7H2,2-4H3;7H,4,6H2,1-3H3;7-8H,4,6H2,1-3H3;8H,4-6H2,1-3H3. The molecule has 0 N–H and O–H groups in total. The molecule has 1 aliphatic carbocycles. The Balaban J connectivity index is 0.000000223. The molecule has 7 unspecified atom stereocenters. The highest BCUT2D eigenvalue weighted by Crippen LogP contribution is 2.50. The number of rotatable bonds is 0. The first-order valence-electron chi connectivity index (χ1n) is 17.6. The van der Waals surface area contributed by atoms with Gasteiger partial charge >= 0.3 is 0 Å². The molecule has 7 nitrogen and oxygen atoms in total. The Morgan fingerprint density at radius 1 is 0.667 bits per heavy atom. The van der Waals surface area contributed by atoms with Gasteiger partial charge in [-0.05, 0) is 115 Å². The van der Waals surface area contributed by atoms with E-state index in [1.807, 2.05) is 52.5 Å². The summed E-state index contributed by atoms with van der Waals surface area (Å²) in [6, 6.07) is 6.91. The van der Waals surface area contributed by atoms with E-state index in [-0.39, 0.29) is 47.2 Å². The fraction of sp³-hybridized carbons (Fsp3) is 0.868. The van der Waals surface area contributed by atoms with Crippen molar-refractivity contribution in [3.63, 3.8) is 0 Å². The molecule has 0 aromatic rings. The Hall–Kier alpha value is -2.34. The molecule has 0 aromatic heterocycles. The molecular weight excluding hydrogens is 611 g/mol. The van der Waals surface area contributed by atoms with E-state index in [1.165, 1.54) is 19.3 Å². The van der Waals surface area contributed by atoms with Crippen LogP contribution in [0.3, 0.4) is 0 Å². The van der Waals surface area contributed by atoms with Gasteiger partial charge in [-0.1, -0.05) is 5.92 Å². The van der Waals surface area contributed by atoms with Crippen molar-refractivity contribution in [1.29, 1.82) is 15.8 Å². The maximum atomic E-state index is 13.0. The molecule has 4 heterocycles. The van der Waals surface area contributed by atoms with Crippen molar-refractivity contribution in [2.24, 2.45) is 5.92 Å². The lowest BCUT2D eigenvalue weighted by atomic mass is 10.0. The van der Waals surface area contributed by atoms with E-state index in [1.54, 1.807) is 4.90 Å². The summed E-state index contributed by atoms with van der Waals surface area (Å²) in [5.74, 6) is 1.13. The summed E-state index contributed by atoms with van der Waals surface area (Å²) in [4.78, 5) is 8.30. The van der Waals surface area contributed by atoms with E-state index in [0.717, 1.165) is 24.9 Å². The summed E-state index contributed by atoms with van der Waals surface area (Å²) in [5.41, 5.74) is -0.0363. The van der Waals surface area contributed by atoms with E-state index in [0.29, 0.717) is 19.0 Å². The van der Waals surface area contributed by atoms with E-state index in [2.05, 4.69) is 69.4 Å². The fourth-order valence-corrected chi connectivity index (χ4v) is 7.56. The van der Waals surface area contributed by atoms with Gasteiger partial charge in [-0.2, -0.15) is 15.8 Å². The number of fused-ring (bicyclic) bond motifs is 1. The first-order chi connectivity index (χ1) is 21.8. The van der Waals surface area contributed by atoms with Crippen LogP contribution in [0.2, 0.25) is 0 Å². The van der Waals surface area contributed by atoms with Crippen LogP contribution in [-0.4, -0.2) is 104 Å². The number of hydrogen-bond donors (Lipinski definition) is 0. The van der Waals surface area contributed by atoms with Gasteiger partial charge in [0.2, 0.25) is 0 Å². The van der Waals surface area contributed by atoms with Crippen LogP contribution < -0.4 is 0 Å². The Bertz CT molecular complexity index is 1210. The van der Waals surface area contributed by atoms with Gasteiger partial charge < -0.3 is 0 Å². The van der Waals surface area contributed by atoms with Crippen molar-refractivity contribution in [2.45, 2.75) is 186 Å². The van der Waals surface area contributed by atoms with Crippen LogP contribution in [0.5, 0.6) is 0 Å². The van der Waals surface area contributed by atoms with Crippen molar-refractivity contribution >= 4 is 0 Å². The molecule has 1 saturated carbocycles. The maximum absolute atomic E-state index is 13.0. The molecular formula is C38H62F3N7. The van der Waals surface area contributed by atoms with Gasteiger partial charge in [0, 0.05) is 54.1 Å². The summed E-state index contributed by atoms with van der Waals surface area (Å²) in [6.45, 7) is 26.1. The van der Waals surface area contributed by atoms with Crippen molar-refractivity contribution in [1.82, 2.24) is 19.6 Å². The zero-order valence-electron chi connectivity index (χ0n) is 31.7. The number of likely N-dealkylation sites (tertiary alicyclic amines) is 4. The predicted octanol–water partition coefficient (Wildman–Crippen LogP) is 7.39. The summed E-state index contributed by atoms with van der Waals surface area (Å²) in [6.07, 6.45) is 9.57. The van der Waals surface area contributed by atoms with E-state index < -0.39 is 18.1 Å². The highest BCUT2D eigenvalue weighted by molar-refractivity contribution is 5.17. The molecule has 4 aliphatic heterocycles. The monoisotopic (exact) mass is 674 g/mol. The van der Waals surface area contributed by atoms with Crippen LogP contribution in [0, 0.1) is 52.3 Å². The van der Waals surface area contributed by atoms with Crippen LogP contribution in [0.4, 0.5) is 13.2 Å². The molecule has 10 heteroatoms. The number of terminal acetylenes is 1. The molecule has 270 valence electrons. The number of nitrogens with zero attached hydrogens (tertiary/aromatic N) is 7. The molecule has 48 heavy (non-hydrogen) atoms. The average molecular weight is 674 g/mol. The van der Waals surface area contributed by atoms with Gasteiger partial charge in [0.25, 0.3) is 5.92 Å². The molecule has 0 aromatic carbocycles. The highest BCUT2D eigenvalue weighted by Gasteiger charge is 2.54. The highest BCUT2D eigenvalue weighted by atomic mass is 19.3. The molecule has 5 aliphatic rings. The van der Waals surface area contributed by atoms with E-state index >= 15 is 0 Å². The third-order valence-electron chi connectivity index (χ3n) is 9.88. The van der Waals surface area contributed by atoms with Gasteiger partial charge in [0.15, 0.2) is 0 Å². The third kappa shape index (κ3) is 11.4. The predicted molar refractivity (Wildman–Crippen MR) is 187 cm³/mol. The van der Waals surface area contributed by atoms with Crippen molar-refractivity contribution < 1.29 is 13.2 Å². The lowest BCUT2D eigenvalue weighted by molar-refractivity contribution is 0.00155. The van der Waals surface area contributed by atoms with Crippen LogP contribution in [0.15, 0.2) is 0 Å². The second-order valence-electron chi connectivity index (χ2n) is 18.0. The zero-order valence-corrected chi connectivity index (χ0v) is 31.7. The smallest absolute Gasteiger partial charge is 0.263 e. The molecule has 0 bridgehead atoms. The molecule has 7 atom stereocenters. The lowest BCUT2D eigenvalue weighted by Gasteiger charge is -2.36. The van der Waals surface area contributed by atoms with Gasteiger partial charge in [0.05, 0.1) is 36.8 Å². The third-order valence-corrected chi connectivity index (χ3v) is 9.88. The number of halogens is 3. The fourth-order valence-electron chi connectivity index (χ4n) is 7.56. The Labute approximate surface area is 290 Å². The first-order valence-corrected chi connectivity index (χ1v) is 17.6. The van der Waals surface area contributed by atoms with E-state index in [9.17, 15) is 13.2 Å². The van der Waals surface area contributed by atoms with Crippen molar-refractivity contribution in [2.75, 3.05) is 19.6 Å². The molecule has 0 spiro atoms. The van der Waals surface area contributed by atoms with Gasteiger partial charge in [0.1, 0.15) is 18.3 Å². The largest absolute Gasteiger partial charge is 0.283 e. The second kappa shape index (κ2) is 15.7. The van der Waals surface area contributed by atoms with Crippen LogP contribution in [-0.2, 0) is 0 Å². The van der Waals surface area contributed by atoms with Gasteiger partial charge in [-0.3, -0.25) is 19.6 Å². The summed E-state index contributed by atoms with van der Waals surface area (Å²) >= 11 is 0. The molecule has 0 radical (unpaired) electrons. The summed E-state index contributed by atoms with van der Waals surface area (Å²) < 4.78 is 38.9. The summed E-state index contributed by atoms with van der Waals surface area (Å²) in [7, 11) is 0. The normalized spacial score (nSPS) is 32.1. The number of piperidine rings is 1. The minimum atomic E-state index is -2.70. The minimum absolute atomic E-state index is 0.0960. The number of alkyl halides is 3. The molecule has 5 fully saturated rings. The summed E-state index contributed by atoms with van der Waals surface area (Å²) in [5, 5.41) is 26.3. The average Bonchev–Trinajstić information content (AvgIpc) is 3.37. The second-order valence-corrected chi connectivity index (χ2v) is 18.0. The molecule has 5 rings (SSSR count). The first kappa shape index (κ1) is 41.8. The SMILES string of the molecule is C#CC1CC2CC2N1C(C)(C)C.CC(C)(C)N1CC(F)(F)CC1C#N.CC(C)(C)N1CC(F)CC1C#N.CC(C)(C)N1CCCC1C#N. The van der Waals surface area contributed by atoms with Gasteiger partial charge in [-0.15, -0.1) is 6.42 Å². The zero-order chi connectivity index (χ0) is 37.0. The Morgan fingerprint density at radius 3 is 1.54 bits per heavy atom. The van der Waals surface area contributed by atoms with E-state index in [4.69, 9.17) is 22.2 Å². The quantitative estimate of drug-likeness (QED) is 0.248. The lowest BCUT2D eigenvalue weighted by Crippen LogP contribution is -2.46. The van der Waals surface area contributed by atoms with Crippen LogP contribution in [0.25, 0.3) is 0 Å². The topological polar surface area (TPSA) is 84.3 Å². The van der Waals surface area contributed by atoms with Crippen molar-refractivity contribution in [3.8, 4) is 30.6 Å². The van der Waals surface area contributed by atoms with Crippen LogP contribution in [0.1, 0.15) is 122 Å². The Kier molecular flexibility index (Phi) is 13.7. The van der Waals surface area contributed by atoms with Crippen LogP contribution >= 0.6 is 0 Å². The van der Waals surface area contributed by atoms with Gasteiger partial charge in [-0.25, -0.2) is 13.2 Å². The maximum Gasteiger partial charge on any atom is 0.263 e. The number of hydrogen-bond acceptors (Lipinski definition) is 7. The molecule has 0 amide bonds. The van der Waals surface area contributed by atoms with Crippen molar-refractivity contribution in [3.05, 3.63) is 0 Å². The minimum Gasteiger partial charge on any atom is -0.283 e. The number of nitriles is 3. The molecule has 4 saturated heterocycles.